The van der Waals surface area contributed by atoms with Gasteiger partial charge in [0.15, 0.2) is 0 Å². The van der Waals surface area contributed by atoms with Crippen LogP contribution < -0.4 is 0 Å². The summed E-state index contributed by atoms with van der Waals surface area (Å²) in [7, 11) is 0. The second-order valence-corrected chi connectivity index (χ2v) is 6.77. The Labute approximate surface area is 144 Å². The van der Waals surface area contributed by atoms with E-state index in [4.69, 9.17) is 5.11 Å². The molecule has 0 aliphatic heterocycles. The first-order valence-electron chi connectivity index (χ1n) is 7.72. The van der Waals surface area contributed by atoms with E-state index >= 15 is 0 Å². The average Bonchev–Trinajstić information content (AvgIpc) is 2.51. The lowest BCUT2D eigenvalue weighted by Gasteiger charge is -2.20. The molecule has 1 N–H and O–H groups in total. The number of benzene rings is 2. The van der Waals surface area contributed by atoms with E-state index in [9.17, 15) is 18.0 Å². The zero-order valence-corrected chi connectivity index (χ0v) is 14.2. The Balaban J connectivity index is 2.63. The molecule has 0 unspecified atom stereocenters. The normalized spacial score (nSPS) is 13.0. The van der Waals surface area contributed by atoms with Crippen LogP contribution >= 0.6 is 0 Å². The number of carbonyl (C=O) groups is 1. The van der Waals surface area contributed by atoms with E-state index in [1.54, 1.807) is 24.3 Å². The summed E-state index contributed by atoms with van der Waals surface area (Å²) in [6.07, 6.45) is -3.75. The third-order valence-corrected chi connectivity index (χ3v) is 3.85. The molecule has 0 saturated heterocycles. The van der Waals surface area contributed by atoms with Crippen molar-refractivity contribution in [2.24, 2.45) is 0 Å². The molecule has 0 bridgehead atoms. The van der Waals surface area contributed by atoms with Gasteiger partial charge in [0.2, 0.25) is 0 Å². The SMILES string of the molecule is CC(C)(C)c1ccc(/C(=C\C(=O)O)c2ccccc2C(F)(F)F)cc1. The minimum absolute atomic E-state index is 0.0286. The molecule has 0 atom stereocenters. The molecule has 5 heteroatoms. The van der Waals surface area contributed by atoms with Gasteiger partial charge in [-0.15, -0.1) is 0 Å². The van der Waals surface area contributed by atoms with Crippen LogP contribution in [0, 0.1) is 0 Å². The zero-order valence-electron chi connectivity index (χ0n) is 14.2. The summed E-state index contributed by atoms with van der Waals surface area (Å²) in [5, 5.41) is 9.13. The van der Waals surface area contributed by atoms with Gasteiger partial charge < -0.3 is 5.11 Å². The van der Waals surface area contributed by atoms with E-state index in [-0.39, 0.29) is 16.6 Å². The van der Waals surface area contributed by atoms with Crippen LogP contribution in [0.25, 0.3) is 5.57 Å². The summed E-state index contributed by atoms with van der Waals surface area (Å²) in [6.45, 7) is 6.07. The van der Waals surface area contributed by atoms with Gasteiger partial charge in [0.25, 0.3) is 0 Å². The van der Waals surface area contributed by atoms with Crippen molar-refractivity contribution in [3.8, 4) is 0 Å². The van der Waals surface area contributed by atoms with Crippen LogP contribution in [0.4, 0.5) is 13.2 Å². The van der Waals surface area contributed by atoms with E-state index in [0.717, 1.165) is 17.7 Å². The lowest BCUT2D eigenvalue weighted by atomic mass is 9.85. The number of carboxylic acid groups (broad SMARTS) is 1. The molecule has 0 heterocycles. The van der Waals surface area contributed by atoms with Crippen molar-refractivity contribution in [1.82, 2.24) is 0 Å². The van der Waals surface area contributed by atoms with Crippen LogP contribution in [0.2, 0.25) is 0 Å². The molecule has 2 aromatic rings. The van der Waals surface area contributed by atoms with Gasteiger partial charge in [-0.1, -0.05) is 63.2 Å². The molecule has 0 aliphatic rings. The average molecular weight is 348 g/mol. The number of rotatable bonds is 3. The van der Waals surface area contributed by atoms with E-state index in [2.05, 4.69) is 0 Å². The predicted octanol–water partition coefficient (Wildman–Crippen LogP) is 5.52. The van der Waals surface area contributed by atoms with Crippen LogP contribution in [0.1, 0.15) is 43.0 Å². The van der Waals surface area contributed by atoms with Gasteiger partial charge in [0.05, 0.1) is 5.56 Å². The molecule has 25 heavy (non-hydrogen) atoms. The maximum absolute atomic E-state index is 13.3. The first-order chi connectivity index (χ1) is 11.5. The van der Waals surface area contributed by atoms with Gasteiger partial charge in [-0.25, -0.2) is 4.79 Å². The molecule has 2 aromatic carbocycles. The van der Waals surface area contributed by atoms with E-state index < -0.39 is 17.7 Å². The number of halogens is 3. The van der Waals surface area contributed by atoms with Gasteiger partial charge in [-0.05, 0) is 33.7 Å². The van der Waals surface area contributed by atoms with Gasteiger partial charge >= 0.3 is 12.1 Å². The van der Waals surface area contributed by atoms with Crippen molar-refractivity contribution in [1.29, 1.82) is 0 Å². The highest BCUT2D eigenvalue weighted by Gasteiger charge is 2.34. The molecule has 0 spiro atoms. The van der Waals surface area contributed by atoms with Crippen molar-refractivity contribution in [3.05, 3.63) is 76.9 Å². The molecule has 0 radical (unpaired) electrons. The Morgan fingerprint density at radius 3 is 2.00 bits per heavy atom. The number of hydrogen-bond acceptors (Lipinski definition) is 1. The number of alkyl halides is 3. The van der Waals surface area contributed by atoms with E-state index in [1.807, 2.05) is 20.8 Å². The standard InChI is InChI=1S/C20H19F3O2/c1-19(2,3)14-10-8-13(9-11-14)16(12-18(24)25)15-6-4-5-7-17(15)20(21,22)23/h4-12H,1-3H3,(H,24,25)/b16-12+. The Morgan fingerprint density at radius 1 is 0.960 bits per heavy atom. The fourth-order valence-corrected chi connectivity index (χ4v) is 2.56. The van der Waals surface area contributed by atoms with Crippen molar-refractivity contribution in [3.63, 3.8) is 0 Å². The van der Waals surface area contributed by atoms with Crippen LogP contribution in [0.15, 0.2) is 54.6 Å². The Morgan fingerprint density at radius 2 is 1.52 bits per heavy atom. The van der Waals surface area contributed by atoms with Crippen LogP contribution in [0.3, 0.4) is 0 Å². The van der Waals surface area contributed by atoms with Gasteiger partial charge in [0.1, 0.15) is 0 Å². The second-order valence-electron chi connectivity index (χ2n) is 6.77. The molecular formula is C20H19F3O2. The monoisotopic (exact) mass is 348 g/mol. The van der Waals surface area contributed by atoms with Crippen LogP contribution in [-0.4, -0.2) is 11.1 Å². The lowest BCUT2D eigenvalue weighted by Crippen LogP contribution is -2.11. The fourth-order valence-electron chi connectivity index (χ4n) is 2.56. The molecule has 0 saturated carbocycles. The molecule has 0 amide bonds. The van der Waals surface area contributed by atoms with Gasteiger partial charge in [-0.3, -0.25) is 0 Å². The summed E-state index contributed by atoms with van der Waals surface area (Å²) >= 11 is 0. The smallest absolute Gasteiger partial charge is 0.417 e. The van der Waals surface area contributed by atoms with Gasteiger partial charge in [0, 0.05) is 6.08 Å². The molecule has 2 nitrogen and oxygen atoms in total. The van der Waals surface area contributed by atoms with Crippen LogP contribution in [-0.2, 0) is 16.4 Å². The summed E-state index contributed by atoms with van der Waals surface area (Å²) in [5.41, 5.74) is 0.338. The molecule has 132 valence electrons. The summed E-state index contributed by atoms with van der Waals surface area (Å²) < 4.78 is 39.9. The molecular weight excluding hydrogens is 329 g/mol. The summed E-state index contributed by atoms with van der Waals surface area (Å²) in [5.74, 6) is -1.30. The summed E-state index contributed by atoms with van der Waals surface area (Å²) in [6, 6.07) is 11.9. The third-order valence-electron chi connectivity index (χ3n) is 3.85. The fraction of sp³-hybridized carbons (Fsp3) is 0.250. The highest BCUT2D eigenvalue weighted by molar-refractivity contribution is 5.96. The Hall–Kier alpha value is -2.56. The first-order valence-corrected chi connectivity index (χ1v) is 7.72. The Bertz CT molecular complexity index is 795. The van der Waals surface area contributed by atoms with Crippen molar-refractivity contribution in [2.45, 2.75) is 32.4 Å². The number of hydrogen-bond donors (Lipinski definition) is 1. The van der Waals surface area contributed by atoms with Crippen molar-refractivity contribution < 1.29 is 23.1 Å². The largest absolute Gasteiger partial charge is 0.478 e. The maximum atomic E-state index is 13.3. The maximum Gasteiger partial charge on any atom is 0.417 e. The highest BCUT2D eigenvalue weighted by atomic mass is 19.4. The predicted molar refractivity (Wildman–Crippen MR) is 91.3 cm³/mol. The summed E-state index contributed by atoms with van der Waals surface area (Å²) in [4.78, 5) is 11.2. The number of carboxylic acids is 1. The molecule has 2 rings (SSSR count). The minimum atomic E-state index is -4.57. The van der Waals surface area contributed by atoms with Crippen LogP contribution in [0.5, 0.6) is 0 Å². The first kappa shape index (κ1) is 18.8. The topological polar surface area (TPSA) is 37.3 Å². The molecule has 0 aromatic heterocycles. The highest BCUT2D eigenvalue weighted by Crippen LogP contribution is 2.37. The Kier molecular flexibility index (Phi) is 5.07. The van der Waals surface area contributed by atoms with Gasteiger partial charge in [-0.2, -0.15) is 13.2 Å². The lowest BCUT2D eigenvalue weighted by molar-refractivity contribution is -0.138. The quantitative estimate of drug-likeness (QED) is 0.742. The van der Waals surface area contributed by atoms with Crippen molar-refractivity contribution in [2.75, 3.05) is 0 Å². The molecule has 0 fully saturated rings. The zero-order chi connectivity index (χ0) is 18.8. The van der Waals surface area contributed by atoms with E-state index in [1.165, 1.54) is 18.2 Å². The minimum Gasteiger partial charge on any atom is -0.478 e. The number of aliphatic carboxylic acids is 1. The van der Waals surface area contributed by atoms with E-state index in [0.29, 0.717) is 5.56 Å². The molecule has 0 aliphatic carbocycles. The third kappa shape index (κ3) is 4.50. The second kappa shape index (κ2) is 6.75. The van der Waals surface area contributed by atoms with Crippen molar-refractivity contribution >= 4 is 11.5 Å².